The van der Waals surface area contributed by atoms with Crippen LogP contribution in [0.15, 0.2) is 0 Å². The third-order valence-electron chi connectivity index (χ3n) is 3.11. The number of carboxylic acid groups (broad SMARTS) is 1. The topological polar surface area (TPSA) is 78.4 Å². The summed E-state index contributed by atoms with van der Waals surface area (Å²) in [5.41, 5.74) is 0. The van der Waals surface area contributed by atoms with Crippen molar-refractivity contribution in [2.45, 2.75) is 45.4 Å². The Morgan fingerprint density at radius 2 is 1.85 bits per heavy atom. The summed E-state index contributed by atoms with van der Waals surface area (Å²) in [6.45, 7) is 3.41. The van der Waals surface area contributed by atoms with Crippen molar-refractivity contribution in [1.29, 1.82) is 0 Å². The number of rotatable bonds is 12. The van der Waals surface area contributed by atoms with Gasteiger partial charge in [0.1, 0.15) is 0 Å². The number of amides is 2. The molecule has 0 saturated heterocycles. The average molecular weight is 304 g/mol. The minimum Gasteiger partial charge on any atom is -0.481 e. The fourth-order valence-corrected chi connectivity index (χ4v) is 2.47. The summed E-state index contributed by atoms with van der Waals surface area (Å²) >= 11 is 1.77. The number of urea groups is 1. The van der Waals surface area contributed by atoms with Gasteiger partial charge in [0.25, 0.3) is 0 Å². The van der Waals surface area contributed by atoms with Gasteiger partial charge < -0.3 is 15.7 Å². The second-order valence-electron chi connectivity index (χ2n) is 4.90. The first-order chi connectivity index (χ1) is 9.60. The summed E-state index contributed by atoms with van der Waals surface area (Å²) in [6, 6.07) is -0.125. The van der Waals surface area contributed by atoms with Crippen molar-refractivity contribution in [3.8, 4) is 0 Å². The van der Waals surface area contributed by atoms with Crippen molar-refractivity contribution in [3.63, 3.8) is 0 Å². The van der Waals surface area contributed by atoms with Gasteiger partial charge in [-0.3, -0.25) is 4.79 Å². The molecule has 0 spiro atoms. The fraction of sp³-hybridized carbons (Fsp3) is 0.857. The van der Waals surface area contributed by atoms with Crippen LogP contribution < -0.4 is 10.6 Å². The molecule has 0 aliphatic rings. The van der Waals surface area contributed by atoms with E-state index in [-0.39, 0.29) is 12.5 Å². The Bertz CT molecular complexity index is 275. The molecule has 0 heterocycles. The lowest BCUT2D eigenvalue weighted by Crippen LogP contribution is -2.37. The highest BCUT2D eigenvalue weighted by Gasteiger charge is 2.10. The molecular formula is C14H28N2O3S. The second-order valence-corrected chi connectivity index (χ2v) is 5.89. The van der Waals surface area contributed by atoms with Crippen LogP contribution in [0, 0.1) is 5.92 Å². The first kappa shape index (κ1) is 19.1. The zero-order valence-corrected chi connectivity index (χ0v) is 13.4. The van der Waals surface area contributed by atoms with E-state index in [0.717, 1.165) is 31.4 Å². The minimum absolute atomic E-state index is 0.125. The molecule has 6 heteroatoms. The molecule has 118 valence electrons. The van der Waals surface area contributed by atoms with Crippen LogP contribution in [0.1, 0.15) is 45.4 Å². The van der Waals surface area contributed by atoms with Gasteiger partial charge in [-0.15, -0.1) is 0 Å². The Balaban J connectivity index is 3.69. The minimum atomic E-state index is -0.745. The number of hydrogen-bond acceptors (Lipinski definition) is 3. The second kappa shape index (κ2) is 13.1. The lowest BCUT2D eigenvalue weighted by molar-refractivity contribution is -0.137. The highest BCUT2D eigenvalue weighted by atomic mass is 32.2. The van der Waals surface area contributed by atoms with Crippen LogP contribution in [0.4, 0.5) is 4.79 Å². The van der Waals surface area contributed by atoms with E-state index < -0.39 is 5.97 Å². The molecule has 0 aliphatic heterocycles. The van der Waals surface area contributed by atoms with Crippen molar-refractivity contribution in [2.75, 3.05) is 25.1 Å². The summed E-state index contributed by atoms with van der Waals surface area (Å²) in [5, 5.41) is 14.4. The smallest absolute Gasteiger partial charge is 0.314 e. The van der Waals surface area contributed by atoms with E-state index in [1.54, 1.807) is 11.8 Å². The predicted molar refractivity (Wildman–Crippen MR) is 84.3 cm³/mol. The molecule has 3 N–H and O–H groups in total. The third-order valence-corrected chi connectivity index (χ3v) is 3.81. The van der Waals surface area contributed by atoms with E-state index in [9.17, 15) is 9.59 Å². The van der Waals surface area contributed by atoms with Crippen LogP contribution >= 0.6 is 11.8 Å². The number of carbonyl (C=O) groups is 2. The lowest BCUT2D eigenvalue weighted by Gasteiger charge is -2.15. The zero-order valence-electron chi connectivity index (χ0n) is 12.6. The molecule has 0 fully saturated rings. The zero-order chi connectivity index (χ0) is 15.2. The van der Waals surface area contributed by atoms with Crippen LogP contribution in [-0.4, -0.2) is 42.2 Å². The van der Waals surface area contributed by atoms with Crippen LogP contribution in [0.5, 0.6) is 0 Å². The Morgan fingerprint density at radius 3 is 2.45 bits per heavy atom. The number of aliphatic carboxylic acids is 1. The van der Waals surface area contributed by atoms with Crippen molar-refractivity contribution in [1.82, 2.24) is 10.6 Å². The van der Waals surface area contributed by atoms with Crippen molar-refractivity contribution < 1.29 is 14.7 Å². The van der Waals surface area contributed by atoms with Gasteiger partial charge in [0.15, 0.2) is 0 Å². The van der Waals surface area contributed by atoms with Gasteiger partial charge >= 0.3 is 12.0 Å². The Labute approximate surface area is 126 Å². The van der Waals surface area contributed by atoms with Crippen LogP contribution in [0.25, 0.3) is 0 Å². The monoisotopic (exact) mass is 304 g/mol. The highest BCUT2D eigenvalue weighted by molar-refractivity contribution is 7.98. The summed E-state index contributed by atoms with van der Waals surface area (Å²) in [7, 11) is 0. The van der Waals surface area contributed by atoms with Gasteiger partial charge in [-0.05, 0) is 37.2 Å². The maximum absolute atomic E-state index is 11.5. The average Bonchev–Trinajstić information content (AvgIpc) is 2.41. The van der Waals surface area contributed by atoms with Gasteiger partial charge in [-0.25, -0.2) is 4.79 Å². The van der Waals surface area contributed by atoms with Gasteiger partial charge in [0, 0.05) is 19.5 Å². The Morgan fingerprint density at radius 1 is 1.15 bits per heavy atom. The molecule has 5 nitrogen and oxygen atoms in total. The first-order valence-electron chi connectivity index (χ1n) is 7.32. The van der Waals surface area contributed by atoms with Gasteiger partial charge in [0.2, 0.25) is 0 Å². The summed E-state index contributed by atoms with van der Waals surface area (Å²) < 4.78 is 0. The molecule has 0 rings (SSSR count). The summed E-state index contributed by atoms with van der Waals surface area (Å²) in [4.78, 5) is 22.1. The molecule has 0 aromatic carbocycles. The molecule has 0 aromatic rings. The molecule has 0 aromatic heterocycles. The van der Waals surface area contributed by atoms with Gasteiger partial charge in [-0.2, -0.15) is 11.8 Å². The fourth-order valence-electron chi connectivity index (χ4n) is 2.04. The van der Waals surface area contributed by atoms with Crippen molar-refractivity contribution >= 4 is 23.8 Å². The summed E-state index contributed by atoms with van der Waals surface area (Å²) in [6.07, 6.45) is 6.84. The van der Waals surface area contributed by atoms with Crippen molar-refractivity contribution in [2.24, 2.45) is 5.92 Å². The molecule has 1 unspecified atom stereocenters. The van der Waals surface area contributed by atoms with E-state index in [1.165, 1.54) is 0 Å². The Hall–Kier alpha value is -0.910. The number of carbonyl (C=O) groups excluding carboxylic acids is 1. The largest absolute Gasteiger partial charge is 0.481 e. The number of carboxylic acids is 1. The SMILES string of the molecule is CCCC(CCNC(=O)NCCCSC)CCC(=O)O. The molecule has 0 aliphatic carbocycles. The lowest BCUT2D eigenvalue weighted by atomic mass is 9.94. The van der Waals surface area contributed by atoms with Crippen LogP contribution in [-0.2, 0) is 4.79 Å². The maximum atomic E-state index is 11.5. The number of hydrogen-bond donors (Lipinski definition) is 3. The first-order valence-corrected chi connectivity index (χ1v) is 8.72. The van der Waals surface area contributed by atoms with Gasteiger partial charge in [0.05, 0.1) is 0 Å². The van der Waals surface area contributed by atoms with E-state index >= 15 is 0 Å². The molecular weight excluding hydrogens is 276 g/mol. The molecule has 20 heavy (non-hydrogen) atoms. The third kappa shape index (κ3) is 12.1. The number of thioether (sulfide) groups is 1. The van der Waals surface area contributed by atoms with E-state index in [1.807, 2.05) is 6.26 Å². The highest BCUT2D eigenvalue weighted by Crippen LogP contribution is 2.17. The normalized spacial score (nSPS) is 11.9. The quantitative estimate of drug-likeness (QED) is 0.484. The molecule has 2 amide bonds. The molecule has 0 radical (unpaired) electrons. The summed E-state index contributed by atoms with van der Waals surface area (Å²) in [5.74, 6) is 0.687. The van der Waals surface area contributed by atoms with Crippen LogP contribution in [0.2, 0.25) is 0 Å². The van der Waals surface area contributed by atoms with Crippen molar-refractivity contribution in [3.05, 3.63) is 0 Å². The molecule has 1 atom stereocenters. The molecule has 0 saturated carbocycles. The standard InChI is InChI=1S/C14H28N2O3S/c1-3-5-12(6-7-13(17)18)8-10-16-14(19)15-9-4-11-20-2/h12H,3-11H2,1-2H3,(H,17,18)(H2,15,16,19). The maximum Gasteiger partial charge on any atom is 0.314 e. The van der Waals surface area contributed by atoms with Gasteiger partial charge in [-0.1, -0.05) is 19.8 Å². The Kier molecular flexibility index (Phi) is 12.5. The number of nitrogens with one attached hydrogen (secondary N) is 2. The van der Waals surface area contributed by atoms with E-state index in [0.29, 0.717) is 25.4 Å². The molecule has 0 bridgehead atoms. The van der Waals surface area contributed by atoms with E-state index in [4.69, 9.17) is 5.11 Å². The van der Waals surface area contributed by atoms with Crippen LogP contribution in [0.3, 0.4) is 0 Å². The van der Waals surface area contributed by atoms with E-state index in [2.05, 4.69) is 17.6 Å². The predicted octanol–water partition coefficient (Wildman–Crippen LogP) is 2.71.